The van der Waals surface area contributed by atoms with E-state index < -0.39 is 6.04 Å². The average Bonchev–Trinajstić information content (AvgIpc) is 2.35. The number of amides is 1. The molecule has 1 amide bonds. The molecule has 0 aliphatic carbocycles. The summed E-state index contributed by atoms with van der Waals surface area (Å²) in [5.41, 5.74) is 6.88. The second kappa shape index (κ2) is 7.48. The van der Waals surface area contributed by atoms with Crippen molar-refractivity contribution in [3.8, 4) is 12.3 Å². The molecule has 0 saturated heterocycles. The van der Waals surface area contributed by atoms with Gasteiger partial charge in [-0.1, -0.05) is 30.3 Å². The summed E-state index contributed by atoms with van der Waals surface area (Å²) in [6, 6.07) is 9.24. The molecule has 17 heavy (non-hydrogen) atoms. The SMILES string of the molecule is C#CCCCNC(=O)[C@@H](N)Cc1ccccc1. The van der Waals surface area contributed by atoms with E-state index in [1.54, 1.807) is 0 Å². The fourth-order valence-corrected chi connectivity index (χ4v) is 1.49. The highest BCUT2D eigenvalue weighted by atomic mass is 16.2. The maximum absolute atomic E-state index is 11.6. The third-order valence-corrected chi connectivity index (χ3v) is 2.43. The van der Waals surface area contributed by atoms with Crippen LogP contribution in [0.25, 0.3) is 0 Å². The number of terminal acetylenes is 1. The minimum atomic E-state index is -0.497. The van der Waals surface area contributed by atoms with E-state index >= 15 is 0 Å². The van der Waals surface area contributed by atoms with Gasteiger partial charge in [-0.3, -0.25) is 4.79 Å². The molecule has 3 N–H and O–H groups in total. The second-order valence-electron chi connectivity index (χ2n) is 3.89. The lowest BCUT2D eigenvalue weighted by atomic mass is 10.1. The highest BCUT2D eigenvalue weighted by Crippen LogP contribution is 2.01. The number of hydrogen-bond donors (Lipinski definition) is 2. The molecule has 0 heterocycles. The van der Waals surface area contributed by atoms with Crippen molar-refractivity contribution in [3.63, 3.8) is 0 Å². The van der Waals surface area contributed by atoms with E-state index in [9.17, 15) is 4.79 Å². The fourth-order valence-electron chi connectivity index (χ4n) is 1.49. The van der Waals surface area contributed by atoms with Crippen LogP contribution in [0.15, 0.2) is 30.3 Å². The standard InChI is InChI=1S/C14H18N2O/c1-2-3-7-10-16-14(17)13(15)11-12-8-5-4-6-9-12/h1,4-6,8-9,13H,3,7,10-11,15H2,(H,16,17)/t13-/m0/s1. The van der Waals surface area contributed by atoms with Crippen molar-refractivity contribution in [2.75, 3.05) is 6.54 Å². The molecule has 1 atom stereocenters. The van der Waals surface area contributed by atoms with E-state index in [4.69, 9.17) is 12.2 Å². The summed E-state index contributed by atoms with van der Waals surface area (Å²) in [5.74, 6) is 2.41. The Hall–Kier alpha value is -1.79. The van der Waals surface area contributed by atoms with E-state index in [-0.39, 0.29) is 5.91 Å². The van der Waals surface area contributed by atoms with Crippen LogP contribution in [-0.2, 0) is 11.2 Å². The Labute approximate surface area is 102 Å². The van der Waals surface area contributed by atoms with Crippen molar-refractivity contribution in [1.82, 2.24) is 5.32 Å². The molecule has 0 unspecified atom stereocenters. The second-order valence-corrected chi connectivity index (χ2v) is 3.89. The van der Waals surface area contributed by atoms with Gasteiger partial charge in [0.25, 0.3) is 0 Å². The number of carbonyl (C=O) groups excluding carboxylic acids is 1. The predicted octanol–water partition coefficient (Wildman–Crippen LogP) is 1.09. The third-order valence-electron chi connectivity index (χ3n) is 2.43. The van der Waals surface area contributed by atoms with Gasteiger partial charge in [0, 0.05) is 13.0 Å². The number of nitrogens with two attached hydrogens (primary N) is 1. The van der Waals surface area contributed by atoms with Crippen molar-refractivity contribution in [1.29, 1.82) is 0 Å². The maximum Gasteiger partial charge on any atom is 0.237 e. The van der Waals surface area contributed by atoms with Gasteiger partial charge in [-0.05, 0) is 18.4 Å². The summed E-state index contributed by atoms with van der Waals surface area (Å²) in [4.78, 5) is 11.6. The Morgan fingerprint density at radius 2 is 2.12 bits per heavy atom. The average molecular weight is 230 g/mol. The van der Waals surface area contributed by atoms with Gasteiger partial charge in [0.15, 0.2) is 0 Å². The molecule has 3 heteroatoms. The molecular formula is C14H18N2O. The molecule has 0 aliphatic rings. The van der Waals surface area contributed by atoms with Gasteiger partial charge in [-0.2, -0.15) is 0 Å². The summed E-state index contributed by atoms with van der Waals surface area (Å²) in [6.07, 6.45) is 7.14. The fraction of sp³-hybridized carbons (Fsp3) is 0.357. The molecule has 0 spiro atoms. The van der Waals surface area contributed by atoms with Gasteiger partial charge in [-0.15, -0.1) is 12.3 Å². The zero-order valence-corrected chi connectivity index (χ0v) is 9.86. The molecule has 0 fully saturated rings. The van der Waals surface area contributed by atoms with Crippen LogP contribution in [0, 0.1) is 12.3 Å². The summed E-state index contributed by atoms with van der Waals surface area (Å²) >= 11 is 0. The third kappa shape index (κ3) is 5.19. The normalized spacial score (nSPS) is 11.5. The smallest absolute Gasteiger partial charge is 0.237 e. The zero-order chi connectivity index (χ0) is 12.5. The molecule has 0 bridgehead atoms. The first-order chi connectivity index (χ1) is 8.24. The van der Waals surface area contributed by atoms with Gasteiger partial charge >= 0.3 is 0 Å². The summed E-state index contributed by atoms with van der Waals surface area (Å²) in [5, 5.41) is 2.78. The molecule has 1 rings (SSSR count). The van der Waals surface area contributed by atoms with E-state index in [1.165, 1.54) is 0 Å². The van der Waals surface area contributed by atoms with Crippen LogP contribution >= 0.6 is 0 Å². The van der Waals surface area contributed by atoms with Gasteiger partial charge < -0.3 is 11.1 Å². The quantitative estimate of drug-likeness (QED) is 0.567. The molecule has 1 aromatic carbocycles. The van der Waals surface area contributed by atoms with Gasteiger partial charge in [0.2, 0.25) is 5.91 Å². The topological polar surface area (TPSA) is 55.1 Å². The molecule has 90 valence electrons. The van der Waals surface area contributed by atoms with Crippen LogP contribution < -0.4 is 11.1 Å². The first-order valence-electron chi connectivity index (χ1n) is 5.74. The summed E-state index contributed by atoms with van der Waals surface area (Å²) in [6.45, 7) is 0.589. The Balaban J connectivity index is 2.30. The van der Waals surface area contributed by atoms with Crippen molar-refractivity contribution in [2.45, 2.75) is 25.3 Å². The van der Waals surface area contributed by atoms with Gasteiger partial charge in [-0.25, -0.2) is 0 Å². The number of nitrogens with one attached hydrogen (secondary N) is 1. The van der Waals surface area contributed by atoms with Crippen molar-refractivity contribution in [2.24, 2.45) is 5.73 Å². The molecule has 0 radical (unpaired) electrons. The van der Waals surface area contributed by atoms with Crippen LogP contribution in [-0.4, -0.2) is 18.5 Å². The lowest BCUT2D eigenvalue weighted by molar-refractivity contribution is -0.122. The maximum atomic E-state index is 11.6. The number of hydrogen-bond acceptors (Lipinski definition) is 2. The van der Waals surface area contributed by atoms with E-state index in [1.807, 2.05) is 30.3 Å². The number of rotatable bonds is 6. The lowest BCUT2D eigenvalue weighted by Gasteiger charge is -2.11. The van der Waals surface area contributed by atoms with E-state index in [2.05, 4.69) is 11.2 Å². The number of benzene rings is 1. The monoisotopic (exact) mass is 230 g/mol. The highest BCUT2D eigenvalue weighted by Gasteiger charge is 2.12. The van der Waals surface area contributed by atoms with Crippen LogP contribution in [0.2, 0.25) is 0 Å². The Kier molecular flexibility index (Phi) is 5.84. The zero-order valence-electron chi connectivity index (χ0n) is 9.86. The Bertz CT molecular complexity index is 381. The molecular weight excluding hydrogens is 212 g/mol. The van der Waals surface area contributed by atoms with Crippen molar-refractivity contribution < 1.29 is 4.79 Å². The molecule has 0 saturated carbocycles. The van der Waals surface area contributed by atoms with Crippen molar-refractivity contribution >= 4 is 5.91 Å². The van der Waals surface area contributed by atoms with E-state index in [0.717, 1.165) is 12.0 Å². The summed E-state index contributed by atoms with van der Waals surface area (Å²) in [7, 11) is 0. The Morgan fingerprint density at radius 3 is 2.76 bits per heavy atom. The number of unbranched alkanes of at least 4 members (excludes halogenated alkanes) is 1. The molecule has 3 nitrogen and oxygen atoms in total. The number of carbonyl (C=O) groups is 1. The van der Waals surface area contributed by atoms with Crippen molar-refractivity contribution in [3.05, 3.63) is 35.9 Å². The van der Waals surface area contributed by atoms with Crippen LogP contribution in [0.1, 0.15) is 18.4 Å². The van der Waals surface area contributed by atoms with Crippen LogP contribution in [0.5, 0.6) is 0 Å². The first-order valence-corrected chi connectivity index (χ1v) is 5.74. The molecule has 1 aromatic rings. The predicted molar refractivity (Wildman–Crippen MR) is 69.2 cm³/mol. The minimum absolute atomic E-state index is 0.120. The molecule has 0 aliphatic heterocycles. The summed E-state index contributed by atoms with van der Waals surface area (Å²) < 4.78 is 0. The highest BCUT2D eigenvalue weighted by molar-refractivity contribution is 5.81. The van der Waals surface area contributed by atoms with E-state index in [0.29, 0.717) is 19.4 Å². The van der Waals surface area contributed by atoms with Crippen LogP contribution in [0.3, 0.4) is 0 Å². The van der Waals surface area contributed by atoms with Gasteiger partial charge in [0.05, 0.1) is 6.04 Å². The van der Waals surface area contributed by atoms with Gasteiger partial charge in [0.1, 0.15) is 0 Å². The largest absolute Gasteiger partial charge is 0.355 e. The minimum Gasteiger partial charge on any atom is -0.355 e. The Morgan fingerprint density at radius 1 is 1.41 bits per heavy atom. The first kappa shape index (κ1) is 13.3. The van der Waals surface area contributed by atoms with Crippen LogP contribution in [0.4, 0.5) is 0 Å². The molecule has 0 aromatic heterocycles. The lowest BCUT2D eigenvalue weighted by Crippen LogP contribution is -2.42.